The van der Waals surface area contributed by atoms with Crippen LogP contribution in [0.3, 0.4) is 0 Å². The van der Waals surface area contributed by atoms with Crippen molar-refractivity contribution < 1.29 is 18.0 Å². The number of carbonyl (C=O) groups is 1. The highest BCUT2D eigenvalue weighted by Crippen LogP contribution is 2.29. The van der Waals surface area contributed by atoms with E-state index >= 15 is 0 Å². The molecule has 2 aromatic rings. The Morgan fingerprint density at radius 1 is 1.08 bits per heavy atom. The summed E-state index contributed by atoms with van der Waals surface area (Å²) in [5.74, 6) is 0.301. The van der Waals surface area contributed by atoms with Crippen molar-refractivity contribution in [3.05, 3.63) is 47.8 Å². The molecule has 132 valence electrons. The van der Waals surface area contributed by atoms with Crippen LogP contribution < -0.4 is 10.2 Å². The number of carbonyl (C=O) groups excluding carboxylic acids is 1. The molecule has 0 atom stereocenters. The van der Waals surface area contributed by atoms with Gasteiger partial charge in [-0.1, -0.05) is 12.1 Å². The molecule has 1 saturated heterocycles. The number of benzene rings is 1. The Morgan fingerprint density at radius 2 is 1.68 bits per heavy atom. The second kappa shape index (κ2) is 7.08. The minimum absolute atomic E-state index is 0.0218. The van der Waals surface area contributed by atoms with Crippen molar-refractivity contribution in [3.8, 4) is 0 Å². The maximum absolute atomic E-state index is 12.5. The van der Waals surface area contributed by atoms with Crippen LogP contribution in [0.1, 0.15) is 24.0 Å². The molecule has 0 bridgehead atoms. The molecule has 1 aromatic heterocycles. The summed E-state index contributed by atoms with van der Waals surface area (Å²) in [6, 6.07) is 4.54. The molecule has 0 saturated carbocycles. The molecule has 25 heavy (non-hydrogen) atoms. The molecular formula is C17H17F3N4O. The number of hydrogen-bond donors (Lipinski definition) is 1. The number of nitrogens with zero attached hydrogens (tertiary/aromatic N) is 3. The molecule has 0 unspecified atom stereocenters. The lowest BCUT2D eigenvalue weighted by Crippen LogP contribution is -2.21. The van der Waals surface area contributed by atoms with Crippen LogP contribution in [0.5, 0.6) is 0 Å². The fraction of sp³-hybridized carbons (Fsp3) is 0.353. The summed E-state index contributed by atoms with van der Waals surface area (Å²) >= 11 is 0. The van der Waals surface area contributed by atoms with Gasteiger partial charge in [0.2, 0.25) is 11.9 Å². The minimum atomic E-state index is -4.38. The SMILES string of the molecule is O=C(Cc1ccc(C(F)(F)F)cc1)Nc1cnc(N2CCCC2)nc1. The largest absolute Gasteiger partial charge is 0.416 e. The van der Waals surface area contributed by atoms with Gasteiger partial charge in [0, 0.05) is 13.1 Å². The first-order valence-electron chi connectivity index (χ1n) is 7.95. The molecule has 0 spiro atoms. The first-order chi connectivity index (χ1) is 11.9. The van der Waals surface area contributed by atoms with Crippen LogP contribution in [-0.2, 0) is 17.4 Å². The van der Waals surface area contributed by atoms with Gasteiger partial charge in [-0.25, -0.2) is 9.97 Å². The predicted molar refractivity (Wildman–Crippen MR) is 87.3 cm³/mol. The van der Waals surface area contributed by atoms with Crippen molar-refractivity contribution in [2.75, 3.05) is 23.3 Å². The summed E-state index contributed by atoms with van der Waals surface area (Å²) in [5, 5.41) is 2.65. The topological polar surface area (TPSA) is 58.1 Å². The van der Waals surface area contributed by atoms with E-state index in [1.807, 2.05) is 0 Å². The van der Waals surface area contributed by atoms with Gasteiger partial charge in [0.15, 0.2) is 0 Å². The molecule has 8 heteroatoms. The number of aromatic nitrogens is 2. The Morgan fingerprint density at radius 3 is 2.24 bits per heavy atom. The fourth-order valence-electron chi connectivity index (χ4n) is 2.67. The molecule has 1 N–H and O–H groups in total. The fourth-order valence-corrected chi connectivity index (χ4v) is 2.67. The number of rotatable bonds is 4. The highest BCUT2D eigenvalue weighted by Gasteiger charge is 2.29. The van der Waals surface area contributed by atoms with E-state index in [0.29, 0.717) is 17.2 Å². The number of hydrogen-bond acceptors (Lipinski definition) is 4. The number of amides is 1. The monoisotopic (exact) mass is 350 g/mol. The Bertz CT molecular complexity index is 723. The van der Waals surface area contributed by atoms with Gasteiger partial charge in [-0.15, -0.1) is 0 Å². The molecule has 0 radical (unpaired) electrons. The van der Waals surface area contributed by atoms with E-state index in [4.69, 9.17) is 0 Å². The third-order valence-corrected chi connectivity index (χ3v) is 3.96. The van der Waals surface area contributed by atoms with Crippen molar-refractivity contribution in [1.82, 2.24) is 9.97 Å². The van der Waals surface area contributed by atoms with Gasteiger partial charge in [-0.2, -0.15) is 13.2 Å². The normalized spacial score (nSPS) is 14.6. The zero-order valence-electron chi connectivity index (χ0n) is 13.4. The molecule has 1 aromatic carbocycles. The van der Waals surface area contributed by atoms with Crippen LogP contribution >= 0.6 is 0 Å². The Kier molecular flexibility index (Phi) is 4.87. The van der Waals surface area contributed by atoms with Crippen molar-refractivity contribution in [2.24, 2.45) is 0 Å². The molecule has 1 amide bonds. The maximum Gasteiger partial charge on any atom is 0.416 e. The van der Waals surface area contributed by atoms with E-state index in [-0.39, 0.29) is 12.3 Å². The average Bonchev–Trinajstić information content (AvgIpc) is 3.09. The summed E-state index contributed by atoms with van der Waals surface area (Å²) in [4.78, 5) is 22.6. The lowest BCUT2D eigenvalue weighted by Gasteiger charge is -2.14. The van der Waals surface area contributed by atoms with E-state index < -0.39 is 11.7 Å². The van der Waals surface area contributed by atoms with Gasteiger partial charge in [0.05, 0.1) is 30.1 Å². The smallest absolute Gasteiger partial charge is 0.341 e. The molecule has 1 aliphatic heterocycles. The number of anilines is 2. The molecule has 1 fully saturated rings. The molecule has 2 heterocycles. The van der Waals surface area contributed by atoms with E-state index in [2.05, 4.69) is 20.2 Å². The van der Waals surface area contributed by atoms with Crippen molar-refractivity contribution in [2.45, 2.75) is 25.4 Å². The van der Waals surface area contributed by atoms with Crippen molar-refractivity contribution in [1.29, 1.82) is 0 Å². The van der Waals surface area contributed by atoms with E-state index in [1.54, 1.807) is 0 Å². The molecular weight excluding hydrogens is 333 g/mol. The van der Waals surface area contributed by atoms with Crippen molar-refractivity contribution >= 4 is 17.5 Å². The summed E-state index contributed by atoms with van der Waals surface area (Å²) in [5.41, 5.74) is 0.225. The number of nitrogens with one attached hydrogen (secondary N) is 1. The molecule has 3 rings (SSSR count). The van der Waals surface area contributed by atoms with E-state index in [0.717, 1.165) is 38.1 Å². The Balaban J connectivity index is 1.57. The Hall–Kier alpha value is -2.64. The summed E-state index contributed by atoms with van der Waals surface area (Å²) in [6.45, 7) is 1.86. The zero-order valence-corrected chi connectivity index (χ0v) is 13.4. The quantitative estimate of drug-likeness (QED) is 0.919. The summed E-state index contributed by atoms with van der Waals surface area (Å²) in [6.07, 6.45) is 0.905. The molecule has 5 nitrogen and oxygen atoms in total. The van der Waals surface area contributed by atoms with Crippen LogP contribution in [0.15, 0.2) is 36.7 Å². The predicted octanol–water partition coefficient (Wildman–Crippen LogP) is 3.28. The maximum atomic E-state index is 12.5. The summed E-state index contributed by atoms with van der Waals surface area (Å²) in [7, 11) is 0. The lowest BCUT2D eigenvalue weighted by molar-refractivity contribution is -0.137. The first kappa shape index (κ1) is 17.2. The minimum Gasteiger partial charge on any atom is -0.341 e. The average molecular weight is 350 g/mol. The van der Waals surface area contributed by atoms with Crippen LogP contribution in [0, 0.1) is 0 Å². The first-order valence-corrected chi connectivity index (χ1v) is 7.95. The van der Waals surface area contributed by atoms with Gasteiger partial charge < -0.3 is 10.2 Å². The second-order valence-corrected chi connectivity index (χ2v) is 5.89. The van der Waals surface area contributed by atoms with Crippen molar-refractivity contribution in [3.63, 3.8) is 0 Å². The summed E-state index contributed by atoms with van der Waals surface area (Å²) < 4.78 is 37.6. The molecule has 1 aliphatic rings. The van der Waals surface area contributed by atoms with Gasteiger partial charge in [0.25, 0.3) is 0 Å². The van der Waals surface area contributed by atoms with Crippen LogP contribution in [0.2, 0.25) is 0 Å². The highest BCUT2D eigenvalue weighted by atomic mass is 19.4. The van der Waals surface area contributed by atoms with Crippen LogP contribution in [0.25, 0.3) is 0 Å². The highest BCUT2D eigenvalue weighted by molar-refractivity contribution is 5.92. The Labute approximate surface area is 142 Å². The third kappa shape index (κ3) is 4.46. The standard InChI is InChI=1S/C17H17F3N4O/c18-17(19,20)13-5-3-12(4-6-13)9-15(25)23-14-10-21-16(22-11-14)24-7-1-2-8-24/h3-6,10-11H,1-2,7-9H2,(H,23,25). The number of halogens is 3. The van der Waals surface area contributed by atoms with E-state index in [9.17, 15) is 18.0 Å². The van der Waals surface area contributed by atoms with Gasteiger partial charge in [0.1, 0.15) is 0 Å². The third-order valence-electron chi connectivity index (χ3n) is 3.96. The van der Waals surface area contributed by atoms with Gasteiger partial charge >= 0.3 is 6.18 Å². The van der Waals surface area contributed by atoms with E-state index in [1.165, 1.54) is 24.5 Å². The van der Waals surface area contributed by atoms with Crippen LogP contribution in [-0.4, -0.2) is 29.0 Å². The van der Waals surface area contributed by atoms with Gasteiger partial charge in [-0.05, 0) is 30.5 Å². The lowest BCUT2D eigenvalue weighted by atomic mass is 10.1. The van der Waals surface area contributed by atoms with Crippen LogP contribution in [0.4, 0.5) is 24.8 Å². The van der Waals surface area contributed by atoms with Gasteiger partial charge in [-0.3, -0.25) is 4.79 Å². The zero-order chi connectivity index (χ0) is 17.9. The number of alkyl halides is 3. The molecule has 0 aliphatic carbocycles. The second-order valence-electron chi connectivity index (χ2n) is 5.89.